The van der Waals surface area contributed by atoms with Crippen LogP contribution in [0.2, 0.25) is 0 Å². The molecule has 122 valence electrons. The summed E-state index contributed by atoms with van der Waals surface area (Å²) in [6.07, 6.45) is 2.54. The van der Waals surface area contributed by atoms with Crippen LogP contribution in [0.15, 0.2) is 45.8 Å². The van der Waals surface area contributed by atoms with Gasteiger partial charge in [0.25, 0.3) is 5.91 Å². The molecule has 6 heteroatoms. The molecule has 0 saturated carbocycles. The largest absolute Gasteiger partial charge is 0.508 e. The lowest BCUT2D eigenvalue weighted by molar-refractivity contribution is -0.118. The van der Waals surface area contributed by atoms with Gasteiger partial charge in [-0.3, -0.25) is 9.59 Å². The molecule has 3 N–H and O–H groups in total. The van der Waals surface area contributed by atoms with Gasteiger partial charge >= 0.3 is 0 Å². The van der Waals surface area contributed by atoms with E-state index in [2.05, 4.69) is 10.6 Å². The van der Waals surface area contributed by atoms with E-state index in [1.807, 2.05) is 19.9 Å². The summed E-state index contributed by atoms with van der Waals surface area (Å²) in [6.45, 7) is 5.24. The third-order valence-corrected chi connectivity index (χ3v) is 4.67. The monoisotopic (exact) mass is 332 g/mol. The molecule has 0 aliphatic carbocycles. The number of rotatable bonds is 4. The fourth-order valence-corrected chi connectivity index (χ4v) is 3.17. The molecule has 0 radical (unpaired) electrons. The Balaban J connectivity index is 2.04. The molecule has 1 aliphatic rings. The van der Waals surface area contributed by atoms with E-state index in [9.17, 15) is 14.7 Å². The lowest BCUT2D eigenvalue weighted by Crippen LogP contribution is -2.29. The lowest BCUT2D eigenvalue weighted by Gasteiger charge is -2.20. The summed E-state index contributed by atoms with van der Waals surface area (Å²) in [7, 11) is 0. The van der Waals surface area contributed by atoms with Gasteiger partial charge in [0.1, 0.15) is 5.75 Å². The Morgan fingerprint density at radius 2 is 1.91 bits per heavy atom. The molecule has 1 aromatic rings. The molecule has 0 unspecified atom stereocenters. The molecule has 0 fully saturated rings. The average molecular weight is 332 g/mol. The second-order valence-corrected chi connectivity index (χ2v) is 6.50. The van der Waals surface area contributed by atoms with Gasteiger partial charge in [-0.1, -0.05) is 23.9 Å². The molecule has 5 nitrogen and oxygen atoms in total. The molecule has 1 aromatic carbocycles. The van der Waals surface area contributed by atoms with E-state index in [4.69, 9.17) is 0 Å². The Labute approximate surface area is 139 Å². The number of aromatic hydroxyl groups is 1. The van der Waals surface area contributed by atoms with Crippen LogP contribution in [0.3, 0.4) is 0 Å². The molecular formula is C17H20N2O3S. The van der Waals surface area contributed by atoms with Crippen LogP contribution in [0.4, 0.5) is 0 Å². The maximum absolute atomic E-state index is 12.5. The summed E-state index contributed by atoms with van der Waals surface area (Å²) in [5.41, 5.74) is 1.88. The van der Waals surface area contributed by atoms with E-state index in [0.29, 0.717) is 16.4 Å². The average Bonchev–Trinajstić information content (AvgIpc) is 2.49. The van der Waals surface area contributed by atoms with Gasteiger partial charge in [-0.15, -0.1) is 0 Å². The van der Waals surface area contributed by atoms with Crippen LogP contribution in [-0.2, 0) is 9.59 Å². The van der Waals surface area contributed by atoms with Crippen LogP contribution in [0.25, 0.3) is 0 Å². The van der Waals surface area contributed by atoms with Crippen LogP contribution < -0.4 is 10.6 Å². The van der Waals surface area contributed by atoms with Gasteiger partial charge in [-0.25, -0.2) is 0 Å². The van der Waals surface area contributed by atoms with Crippen molar-refractivity contribution in [1.82, 2.24) is 10.6 Å². The van der Waals surface area contributed by atoms with Crippen LogP contribution in [0.1, 0.15) is 38.8 Å². The van der Waals surface area contributed by atoms with Gasteiger partial charge in [0.2, 0.25) is 5.91 Å². The van der Waals surface area contributed by atoms with Gasteiger partial charge in [0, 0.05) is 6.92 Å². The molecule has 1 heterocycles. The highest BCUT2D eigenvalue weighted by atomic mass is 32.2. The summed E-state index contributed by atoms with van der Waals surface area (Å²) in [5, 5.41) is 15.7. The number of benzene rings is 1. The number of carbonyl (C=O) groups excluding carboxylic acids is 2. The van der Waals surface area contributed by atoms with Crippen molar-refractivity contribution in [1.29, 1.82) is 0 Å². The van der Waals surface area contributed by atoms with E-state index in [-0.39, 0.29) is 23.6 Å². The lowest BCUT2D eigenvalue weighted by atomic mass is 10.1. The van der Waals surface area contributed by atoms with Gasteiger partial charge in [-0.2, -0.15) is 0 Å². The first kappa shape index (κ1) is 17.1. The van der Waals surface area contributed by atoms with Crippen LogP contribution >= 0.6 is 11.8 Å². The number of phenolic OH excluding ortho intramolecular Hbond substituents is 1. The minimum absolute atomic E-state index is 0.152. The third kappa shape index (κ3) is 4.63. The number of hydrogen-bond acceptors (Lipinski definition) is 4. The summed E-state index contributed by atoms with van der Waals surface area (Å²) in [4.78, 5) is 24.3. The normalized spacial score (nSPS) is 15.7. The van der Waals surface area contributed by atoms with Gasteiger partial charge in [0.05, 0.1) is 16.0 Å². The molecule has 0 bridgehead atoms. The quantitative estimate of drug-likeness (QED) is 0.792. The molecule has 2 amide bonds. The topological polar surface area (TPSA) is 78.4 Å². The van der Waals surface area contributed by atoms with Crippen molar-refractivity contribution in [2.24, 2.45) is 0 Å². The van der Waals surface area contributed by atoms with Crippen LogP contribution in [-0.4, -0.2) is 16.9 Å². The summed E-state index contributed by atoms with van der Waals surface area (Å²) in [6, 6.07) is 6.56. The first-order valence-corrected chi connectivity index (χ1v) is 8.13. The Kier molecular flexibility index (Phi) is 5.50. The van der Waals surface area contributed by atoms with Crippen molar-refractivity contribution in [3.05, 3.63) is 51.4 Å². The van der Waals surface area contributed by atoms with Crippen molar-refractivity contribution in [3.8, 4) is 5.75 Å². The summed E-state index contributed by atoms with van der Waals surface area (Å²) in [5.74, 6) is -0.122. The zero-order valence-corrected chi connectivity index (χ0v) is 14.2. The second kappa shape index (κ2) is 7.37. The van der Waals surface area contributed by atoms with Crippen molar-refractivity contribution in [2.75, 3.05) is 0 Å². The van der Waals surface area contributed by atoms with Gasteiger partial charge < -0.3 is 15.7 Å². The summed E-state index contributed by atoms with van der Waals surface area (Å²) >= 11 is 1.27. The standard InChI is InChI=1S/C17H20N2O3S/c1-10-4-9-15(19-12(3)20)23-16(10)17(22)18-11(2)13-5-7-14(21)8-6-13/h5-9,11,21H,4H2,1-3H3,(H,18,22)(H,19,20)/t11-/m0/s1. The highest BCUT2D eigenvalue weighted by Crippen LogP contribution is 2.33. The number of hydrogen-bond donors (Lipinski definition) is 3. The van der Waals surface area contributed by atoms with Crippen LogP contribution in [0, 0.1) is 0 Å². The molecular weight excluding hydrogens is 312 g/mol. The minimum atomic E-state index is -0.181. The highest BCUT2D eigenvalue weighted by molar-refractivity contribution is 8.07. The molecule has 1 aliphatic heterocycles. The van der Waals surface area contributed by atoms with E-state index >= 15 is 0 Å². The van der Waals surface area contributed by atoms with Crippen molar-refractivity contribution < 1.29 is 14.7 Å². The number of thioether (sulfide) groups is 1. The number of carbonyl (C=O) groups is 2. The maximum atomic E-state index is 12.5. The fraction of sp³-hybridized carbons (Fsp3) is 0.294. The van der Waals surface area contributed by atoms with Crippen molar-refractivity contribution in [3.63, 3.8) is 0 Å². The Morgan fingerprint density at radius 3 is 2.52 bits per heavy atom. The highest BCUT2D eigenvalue weighted by Gasteiger charge is 2.21. The Hall–Kier alpha value is -2.21. The predicted octanol–water partition coefficient (Wildman–Crippen LogP) is 2.96. The zero-order valence-electron chi connectivity index (χ0n) is 13.3. The smallest absolute Gasteiger partial charge is 0.258 e. The maximum Gasteiger partial charge on any atom is 0.258 e. The fourth-order valence-electron chi connectivity index (χ4n) is 2.18. The number of allylic oxidation sites excluding steroid dienone is 2. The van der Waals surface area contributed by atoms with Crippen molar-refractivity contribution >= 4 is 23.6 Å². The van der Waals surface area contributed by atoms with Gasteiger partial charge in [-0.05, 0) is 49.6 Å². The number of amides is 2. The predicted molar refractivity (Wildman–Crippen MR) is 91.5 cm³/mol. The van der Waals surface area contributed by atoms with Gasteiger partial charge in [0.15, 0.2) is 0 Å². The number of phenols is 1. The molecule has 1 atom stereocenters. The van der Waals surface area contributed by atoms with Crippen LogP contribution in [0.5, 0.6) is 5.75 Å². The molecule has 0 saturated heterocycles. The zero-order chi connectivity index (χ0) is 17.0. The van der Waals surface area contributed by atoms with E-state index in [0.717, 1.165) is 11.1 Å². The van der Waals surface area contributed by atoms with Crippen molar-refractivity contribution in [2.45, 2.75) is 33.2 Å². The Bertz CT molecular complexity index is 678. The molecule has 23 heavy (non-hydrogen) atoms. The molecule has 0 spiro atoms. The SMILES string of the molecule is CC(=O)NC1=CCC(C)=C(C(=O)N[C@@H](C)c2ccc(O)cc2)S1. The van der Waals surface area contributed by atoms with E-state index in [1.165, 1.54) is 18.7 Å². The molecule has 0 aromatic heterocycles. The first-order chi connectivity index (χ1) is 10.9. The van der Waals surface area contributed by atoms with E-state index < -0.39 is 0 Å². The second-order valence-electron chi connectivity index (χ2n) is 5.45. The first-order valence-electron chi connectivity index (χ1n) is 7.32. The molecule has 2 rings (SSSR count). The Morgan fingerprint density at radius 1 is 1.26 bits per heavy atom. The minimum Gasteiger partial charge on any atom is -0.508 e. The van der Waals surface area contributed by atoms with E-state index in [1.54, 1.807) is 24.3 Å². The summed E-state index contributed by atoms with van der Waals surface area (Å²) < 4.78 is 0. The third-order valence-electron chi connectivity index (χ3n) is 3.44. The number of nitrogens with one attached hydrogen (secondary N) is 2.